The predicted octanol–water partition coefficient (Wildman–Crippen LogP) is 2.80. The van der Waals surface area contributed by atoms with Gasteiger partial charge in [-0.3, -0.25) is 19.3 Å². The molecular formula is C20H21N3O3. The third-order valence-electron chi connectivity index (χ3n) is 4.45. The third kappa shape index (κ3) is 3.74. The Morgan fingerprint density at radius 3 is 2.46 bits per heavy atom. The molecule has 0 aromatic heterocycles. The third-order valence-corrected chi connectivity index (χ3v) is 4.45. The van der Waals surface area contributed by atoms with Crippen LogP contribution in [0.2, 0.25) is 0 Å². The van der Waals surface area contributed by atoms with Crippen LogP contribution in [0.5, 0.6) is 0 Å². The van der Waals surface area contributed by atoms with Crippen LogP contribution in [0, 0.1) is 6.92 Å². The lowest BCUT2D eigenvalue weighted by molar-refractivity contribution is -0.121. The van der Waals surface area contributed by atoms with E-state index >= 15 is 0 Å². The van der Waals surface area contributed by atoms with E-state index in [1.807, 2.05) is 31.2 Å². The van der Waals surface area contributed by atoms with Gasteiger partial charge in [0.05, 0.1) is 5.69 Å². The molecule has 0 unspecified atom stereocenters. The quantitative estimate of drug-likeness (QED) is 0.640. The van der Waals surface area contributed by atoms with Gasteiger partial charge in [-0.15, -0.1) is 0 Å². The Bertz CT molecular complexity index is 860. The predicted molar refractivity (Wildman–Crippen MR) is 101 cm³/mol. The van der Waals surface area contributed by atoms with E-state index in [1.54, 1.807) is 18.2 Å². The molecule has 0 aliphatic carbocycles. The maximum atomic E-state index is 12.2. The largest absolute Gasteiger partial charge is 0.399 e. The number of amides is 3. The van der Waals surface area contributed by atoms with Gasteiger partial charge in [-0.2, -0.15) is 0 Å². The second-order valence-corrected chi connectivity index (χ2v) is 6.37. The average Bonchev–Trinajstić information content (AvgIpc) is 2.93. The maximum Gasteiger partial charge on any atom is 0.234 e. The fraction of sp³-hybridized carbons (Fsp3) is 0.250. The summed E-state index contributed by atoms with van der Waals surface area (Å²) in [6.45, 7) is 1.81. The number of nitrogen functional groups attached to an aromatic ring is 1. The van der Waals surface area contributed by atoms with Crippen LogP contribution in [-0.4, -0.2) is 17.7 Å². The molecule has 3 N–H and O–H groups in total. The van der Waals surface area contributed by atoms with Crippen molar-refractivity contribution < 1.29 is 14.4 Å². The second kappa shape index (κ2) is 7.39. The zero-order chi connectivity index (χ0) is 18.7. The van der Waals surface area contributed by atoms with Gasteiger partial charge in [0.2, 0.25) is 17.7 Å². The highest BCUT2D eigenvalue weighted by Crippen LogP contribution is 2.28. The lowest BCUT2D eigenvalue weighted by atomic mass is 10.1. The highest BCUT2D eigenvalue weighted by atomic mass is 16.2. The van der Waals surface area contributed by atoms with Gasteiger partial charge in [-0.05, 0) is 48.7 Å². The van der Waals surface area contributed by atoms with Gasteiger partial charge >= 0.3 is 0 Å². The number of imide groups is 1. The summed E-state index contributed by atoms with van der Waals surface area (Å²) in [4.78, 5) is 37.1. The number of anilines is 3. The van der Waals surface area contributed by atoms with E-state index in [1.165, 1.54) is 4.90 Å². The van der Waals surface area contributed by atoms with E-state index in [9.17, 15) is 14.4 Å². The summed E-state index contributed by atoms with van der Waals surface area (Å²) in [7, 11) is 0. The molecule has 2 aromatic rings. The summed E-state index contributed by atoms with van der Waals surface area (Å²) in [5, 5.41) is 2.84. The van der Waals surface area contributed by atoms with Crippen LogP contribution in [0.3, 0.4) is 0 Å². The van der Waals surface area contributed by atoms with Crippen LogP contribution in [-0.2, 0) is 20.8 Å². The van der Waals surface area contributed by atoms with Crippen LogP contribution < -0.4 is 16.0 Å². The zero-order valence-electron chi connectivity index (χ0n) is 14.6. The lowest BCUT2D eigenvalue weighted by Crippen LogP contribution is -2.29. The molecular weight excluding hydrogens is 330 g/mol. The number of nitrogens with one attached hydrogen (secondary N) is 1. The molecule has 1 aliphatic heterocycles. The highest BCUT2D eigenvalue weighted by Gasteiger charge is 2.31. The van der Waals surface area contributed by atoms with Gasteiger partial charge in [0.15, 0.2) is 0 Å². The van der Waals surface area contributed by atoms with Crippen LogP contribution in [0.4, 0.5) is 17.1 Å². The van der Waals surface area contributed by atoms with Crippen molar-refractivity contribution in [3.63, 3.8) is 0 Å². The van der Waals surface area contributed by atoms with Crippen molar-refractivity contribution in [1.29, 1.82) is 0 Å². The SMILES string of the molecule is Cc1cc(NC(=O)CCc2ccccc2N)ccc1N1C(=O)CCC1=O. The molecule has 3 rings (SSSR count). The topological polar surface area (TPSA) is 92.5 Å². The Morgan fingerprint density at radius 2 is 1.81 bits per heavy atom. The molecule has 6 heteroatoms. The van der Waals surface area contributed by atoms with Crippen molar-refractivity contribution in [1.82, 2.24) is 0 Å². The second-order valence-electron chi connectivity index (χ2n) is 6.37. The summed E-state index contributed by atoms with van der Waals surface area (Å²) >= 11 is 0. The fourth-order valence-corrected chi connectivity index (χ4v) is 3.06. The first-order valence-corrected chi connectivity index (χ1v) is 8.55. The first-order chi connectivity index (χ1) is 12.5. The molecule has 1 heterocycles. The van der Waals surface area contributed by atoms with Gasteiger partial charge in [0.25, 0.3) is 0 Å². The number of hydrogen-bond acceptors (Lipinski definition) is 4. The number of carbonyl (C=O) groups excluding carboxylic acids is 3. The van der Waals surface area contributed by atoms with E-state index in [2.05, 4.69) is 5.32 Å². The molecule has 134 valence electrons. The Hall–Kier alpha value is -3.15. The van der Waals surface area contributed by atoms with Crippen molar-refractivity contribution in [3.05, 3.63) is 53.6 Å². The normalized spacial score (nSPS) is 14.0. The number of hydrogen-bond donors (Lipinski definition) is 2. The van der Waals surface area contributed by atoms with Crippen LogP contribution in [0.1, 0.15) is 30.4 Å². The minimum Gasteiger partial charge on any atom is -0.399 e. The number of benzene rings is 2. The monoisotopic (exact) mass is 351 g/mol. The molecule has 0 saturated carbocycles. The number of rotatable bonds is 5. The van der Waals surface area contributed by atoms with Crippen molar-refractivity contribution in [2.45, 2.75) is 32.6 Å². The molecule has 3 amide bonds. The first kappa shape index (κ1) is 17.7. The van der Waals surface area contributed by atoms with Crippen molar-refractivity contribution >= 4 is 34.8 Å². The molecule has 6 nitrogen and oxygen atoms in total. The Morgan fingerprint density at radius 1 is 1.12 bits per heavy atom. The summed E-state index contributed by atoms with van der Waals surface area (Å²) in [6, 6.07) is 12.6. The number of aryl methyl sites for hydroxylation is 2. The Kier molecular flexibility index (Phi) is 5.02. The van der Waals surface area contributed by atoms with E-state index in [0.717, 1.165) is 11.1 Å². The minimum atomic E-state index is -0.185. The summed E-state index contributed by atoms with van der Waals surface area (Å²) in [5.41, 5.74) is 9.49. The molecule has 1 aliphatic rings. The van der Waals surface area contributed by atoms with Crippen LogP contribution in [0.25, 0.3) is 0 Å². The molecule has 0 bridgehead atoms. The minimum absolute atomic E-state index is 0.117. The van der Waals surface area contributed by atoms with Gasteiger partial charge in [-0.25, -0.2) is 0 Å². The van der Waals surface area contributed by atoms with Gasteiger partial charge in [0.1, 0.15) is 0 Å². The molecule has 0 atom stereocenters. The lowest BCUT2D eigenvalue weighted by Gasteiger charge is -2.17. The Labute approximate surface area is 152 Å². The van der Waals surface area contributed by atoms with E-state index in [-0.39, 0.29) is 30.6 Å². The maximum absolute atomic E-state index is 12.2. The summed E-state index contributed by atoms with van der Waals surface area (Å²) in [5.74, 6) is -0.487. The molecule has 0 spiro atoms. The first-order valence-electron chi connectivity index (χ1n) is 8.55. The number of para-hydroxylation sites is 1. The molecule has 26 heavy (non-hydrogen) atoms. The number of carbonyl (C=O) groups is 3. The van der Waals surface area contributed by atoms with Gasteiger partial charge in [-0.1, -0.05) is 18.2 Å². The molecule has 1 saturated heterocycles. The van der Waals surface area contributed by atoms with E-state index < -0.39 is 0 Å². The Balaban J connectivity index is 1.64. The standard InChI is InChI=1S/C20H21N3O3/c1-13-12-15(7-8-17(13)23-19(25)10-11-20(23)26)22-18(24)9-6-14-4-2-3-5-16(14)21/h2-5,7-8,12H,6,9-11,21H2,1H3,(H,22,24). The molecule has 1 fully saturated rings. The van der Waals surface area contributed by atoms with Gasteiger partial charge in [0, 0.05) is 30.6 Å². The molecule has 0 radical (unpaired) electrons. The summed E-state index contributed by atoms with van der Waals surface area (Å²) in [6.07, 6.45) is 1.38. The number of nitrogens with two attached hydrogens (primary N) is 1. The number of nitrogens with zero attached hydrogens (tertiary/aromatic N) is 1. The smallest absolute Gasteiger partial charge is 0.234 e. The fourth-order valence-electron chi connectivity index (χ4n) is 3.06. The van der Waals surface area contributed by atoms with Crippen molar-refractivity contribution in [2.75, 3.05) is 16.0 Å². The average molecular weight is 351 g/mol. The van der Waals surface area contributed by atoms with Crippen LogP contribution >= 0.6 is 0 Å². The van der Waals surface area contributed by atoms with Crippen LogP contribution in [0.15, 0.2) is 42.5 Å². The van der Waals surface area contributed by atoms with Gasteiger partial charge < -0.3 is 11.1 Å². The highest BCUT2D eigenvalue weighted by molar-refractivity contribution is 6.20. The molecule has 2 aromatic carbocycles. The zero-order valence-corrected chi connectivity index (χ0v) is 14.6. The van der Waals surface area contributed by atoms with E-state index in [0.29, 0.717) is 29.9 Å². The summed E-state index contributed by atoms with van der Waals surface area (Å²) < 4.78 is 0. The van der Waals surface area contributed by atoms with Crippen molar-refractivity contribution in [2.24, 2.45) is 0 Å². The van der Waals surface area contributed by atoms with Crippen molar-refractivity contribution in [3.8, 4) is 0 Å². The van der Waals surface area contributed by atoms with E-state index in [4.69, 9.17) is 5.73 Å².